The molecule has 1 aromatic carbocycles. The molecule has 0 spiro atoms. The summed E-state index contributed by atoms with van der Waals surface area (Å²) in [4.78, 5) is 0. The fourth-order valence-electron chi connectivity index (χ4n) is 1.77. The Bertz CT molecular complexity index is 396. The van der Waals surface area contributed by atoms with Crippen LogP contribution in [0.5, 0.6) is 5.75 Å². The fourth-order valence-corrected chi connectivity index (χ4v) is 1.77. The SMILES string of the molecule is CCCC[C@@H](N)c1ccc(C(F)(F)F)cc1OC.Cl. The summed E-state index contributed by atoms with van der Waals surface area (Å²) in [6.45, 7) is 2.04. The molecule has 1 rings (SSSR count). The van der Waals surface area contributed by atoms with Crippen LogP contribution < -0.4 is 10.5 Å². The number of unbranched alkanes of at least 4 members (excludes halogenated alkanes) is 1. The molecule has 1 atom stereocenters. The van der Waals surface area contributed by atoms with Gasteiger partial charge in [-0.3, -0.25) is 0 Å². The lowest BCUT2D eigenvalue weighted by Gasteiger charge is -2.17. The van der Waals surface area contributed by atoms with Gasteiger partial charge in [0.2, 0.25) is 0 Å². The van der Waals surface area contributed by atoms with Gasteiger partial charge >= 0.3 is 6.18 Å². The second kappa shape index (κ2) is 7.60. The molecule has 0 bridgehead atoms. The number of ether oxygens (including phenoxy) is 1. The van der Waals surface area contributed by atoms with Crippen LogP contribution in [0.2, 0.25) is 0 Å². The maximum atomic E-state index is 12.6. The molecule has 0 aromatic heterocycles. The highest BCUT2D eigenvalue weighted by Gasteiger charge is 2.31. The molecule has 0 aliphatic rings. The summed E-state index contributed by atoms with van der Waals surface area (Å²) in [5.74, 6) is 0.202. The number of hydrogen-bond acceptors (Lipinski definition) is 2. The molecule has 2 N–H and O–H groups in total. The van der Waals surface area contributed by atoms with Gasteiger partial charge in [-0.1, -0.05) is 25.8 Å². The summed E-state index contributed by atoms with van der Waals surface area (Å²) in [6.07, 6.45) is -1.69. The minimum absolute atomic E-state index is 0. The molecule has 0 amide bonds. The lowest BCUT2D eigenvalue weighted by atomic mass is 9.99. The van der Waals surface area contributed by atoms with Crippen molar-refractivity contribution >= 4 is 12.4 Å². The summed E-state index contributed by atoms with van der Waals surface area (Å²) in [5, 5.41) is 0. The second-order valence-electron chi connectivity index (χ2n) is 4.20. The van der Waals surface area contributed by atoms with Gasteiger partial charge in [-0.25, -0.2) is 0 Å². The normalized spacial score (nSPS) is 12.7. The number of benzene rings is 1. The Labute approximate surface area is 117 Å². The molecule has 0 aliphatic carbocycles. The largest absolute Gasteiger partial charge is 0.496 e. The predicted octanol–water partition coefficient (Wildman–Crippen LogP) is 4.33. The summed E-state index contributed by atoms with van der Waals surface area (Å²) >= 11 is 0. The summed E-state index contributed by atoms with van der Waals surface area (Å²) in [5.41, 5.74) is 5.86. The highest BCUT2D eigenvalue weighted by atomic mass is 35.5. The van der Waals surface area contributed by atoms with Gasteiger partial charge in [0.25, 0.3) is 0 Å². The average Bonchev–Trinajstić information content (AvgIpc) is 2.34. The third-order valence-electron chi connectivity index (χ3n) is 2.83. The Balaban J connectivity index is 0.00000324. The number of methoxy groups -OCH3 is 1. The van der Waals surface area contributed by atoms with E-state index in [2.05, 4.69) is 0 Å². The molecule has 6 heteroatoms. The number of halogens is 4. The van der Waals surface area contributed by atoms with Crippen molar-refractivity contribution in [2.75, 3.05) is 7.11 Å². The van der Waals surface area contributed by atoms with Crippen LogP contribution in [0.25, 0.3) is 0 Å². The maximum Gasteiger partial charge on any atom is 0.416 e. The van der Waals surface area contributed by atoms with Crippen LogP contribution in [0.3, 0.4) is 0 Å². The third-order valence-corrected chi connectivity index (χ3v) is 2.83. The van der Waals surface area contributed by atoms with Gasteiger partial charge in [-0.15, -0.1) is 12.4 Å². The number of alkyl halides is 3. The van der Waals surface area contributed by atoms with E-state index in [0.717, 1.165) is 31.4 Å². The van der Waals surface area contributed by atoms with Crippen molar-refractivity contribution in [3.05, 3.63) is 29.3 Å². The first kappa shape index (κ1) is 18.1. The molecule has 19 heavy (non-hydrogen) atoms. The second-order valence-corrected chi connectivity index (χ2v) is 4.20. The molecular formula is C13H19ClF3NO. The standard InChI is InChI=1S/C13H18F3NO.ClH/c1-3-4-5-11(17)10-7-6-9(13(14,15)16)8-12(10)18-2;/h6-8,11H,3-5,17H2,1-2H3;1H/t11-;/m1./s1. The van der Waals surface area contributed by atoms with Crippen molar-refractivity contribution in [2.24, 2.45) is 5.73 Å². The van der Waals surface area contributed by atoms with E-state index in [9.17, 15) is 13.2 Å². The smallest absolute Gasteiger partial charge is 0.416 e. The van der Waals surface area contributed by atoms with Crippen molar-refractivity contribution in [2.45, 2.75) is 38.4 Å². The van der Waals surface area contributed by atoms with Gasteiger partial charge in [0, 0.05) is 11.6 Å². The third kappa shape index (κ3) is 4.91. The molecule has 1 aromatic rings. The quantitative estimate of drug-likeness (QED) is 0.878. The zero-order valence-corrected chi connectivity index (χ0v) is 11.8. The first-order valence-electron chi connectivity index (χ1n) is 5.90. The summed E-state index contributed by atoms with van der Waals surface area (Å²) < 4.78 is 42.7. The van der Waals surface area contributed by atoms with Crippen LogP contribution in [0.4, 0.5) is 13.2 Å². The summed E-state index contributed by atoms with van der Waals surface area (Å²) in [6, 6.07) is 3.16. The van der Waals surface area contributed by atoms with Crippen LogP contribution >= 0.6 is 12.4 Å². The molecule has 0 radical (unpaired) electrons. The van der Waals surface area contributed by atoms with Crippen molar-refractivity contribution in [3.8, 4) is 5.75 Å². The Morgan fingerprint density at radius 1 is 1.32 bits per heavy atom. The zero-order valence-electron chi connectivity index (χ0n) is 11.0. The van der Waals surface area contributed by atoms with Crippen LogP contribution in [0, 0.1) is 0 Å². The lowest BCUT2D eigenvalue weighted by molar-refractivity contribution is -0.137. The highest BCUT2D eigenvalue weighted by molar-refractivity contribution is 5.85. The van der Waals surface area contributed by atoms with E-state index in [-0.39, 0.29) is 24.2 Å². The summed E-state index contributed by atoms with van der Waals surface area (Å²) in [7, 11) is 1.35. The first-order chi connectivity index (χ1) is 8.40. The molecule has 0 aliphatic heterocycles. The monoisotopic (exact) mass is 297 g/mol. The van der Waals surface area contributed by atoms with E-state index < -0.39 is 11.7 Å². The molecule has 110 valence electrons. The van der Waals surface area contributed by atoms with Crippen LogP contribution in [0.15, 0.2) is 18.2 Å². The lowest BCUT2D eigenvalue weighted by Crippen LogP contribution is -2.13. The van der Waals surface area contributed by atoms with Crippen LogP contribution in [-0.2, 0) is 6.18 Å². The van der Waals surface area contributed by atoms with Gasteiger partial charge in [-0.05, 0) is 18.6 Å². The Morgan fingerprint density at radius 3 is 2.42 bits per heavy atom. The van der Waals surface area contributed by atoms with Crippen molar-refractivity contribution in [1.82, 2.24) is 0 Å². The van der Waals surface area contributed by atoms with E-state index in [1.54, 1.807) is 0 Å². The Morgan fingerprint density at radius 2 is 1.95 bits per heavy atom. The van der Waals surface area contributed by atoms with Gasteiger partial charge in [-0.2, -0.15) is 13.2 Å². The number of rotatable bonds is 5. The molecule has 2 nitrogen and oxygen atoms in total. The molecule has 0 unspecified atom stereocenters. The fraction of sp³-hybridized carbons (Fsp3) is 0.538. The molecule has 0 fully saturated rings. The van der Waals surface area contributed by atoms with Gasteiger partial charge < -0.3 is 10.5 Å². The Hall–Kier alpha value is -0.940. The topological polar surface area (TPSA) is 35.2 Å². The first-order valence-corrected chi connectivity index (χ1v) is 5.90. The van der Waals surface area contributed by atoms with Gasteiger partial charge in [0.05, 0.1) is 12.7 Å². The van der Waals surface area contributed by atoms with Crippen molar-refractivity contribution in [1.29, 1.82) is 0 Å². The number of hydrogen-bond donors (Lipinski definition) is 1. The van der Waals surface area contributed by atoms with E-state index in [0.29, 0.717) is 5.56 Å². The Kier molecular flexibility index (Phi) is 7.23. The number of nitrogens with two attached hydrogens (primary N) is 1. The average molecular weight is 298 g/mol. The molecule has 0 saturated carbocycles. The van der Waals surface area contributed by atoms with E-state index in [4.69, 9.17) is 10.5 Å². The van der Waals surface area contributed by atoms with Crippen LogP contribution in [-0.4, -0.2) is 7.11 Å². The van der Waals surface area contributed by atoms with Crippen molar-refractivity contribution in [3.63, 3.8) is 0 Å². The zero-order chi connectivity index (χ0) is 13.8. The minimum atomic E-state index is -4.36. The van der Waals surface area contributed by atoms with Crippen LogP contribution in [0.1, 0.15) is 43.4 Å². The van der Waals surface area contributed by atoms with Gasteiger partial charge in [0.1, 0.15) is 5.75 Å². The predicted molar refractivity (Wildman–Crippen MR) is 71.7 cm³/mol. The van der Waals surface area contributed by atoms with Crippen molar-refractivity contribution < 1.29 is 17.9 Å². The van der Waals surface area contributed by atoms with E-state index >= 15 is 0 Å². The molecule has 0 saturated heterocycles. The molecule has 0 heterocycles. The highest BCUT2D eigenvalue weighted by Crippen LogP contribution is 2.35. The maximum absolute atomic E-state index is 12.6. The van der Waals surface area contributed by atoms with E-state index in [1.807, 2.05) is 6.92 Å². The minimum Gasteiger partial charge on any atom is -0.496 e. The molecular weight excluding hydrogens is 279 g/mol. The van der Waals surface area contributed by atoms with Gasteiger partial charge in [0.15, 0.2) is 0 Å². The van der Waals surface area contributed by atoms with E-state index in [1.165, 1.54) is 13.2 Å².